The van der Waals surface area contributed by atoms with Gasteiger partial charge in [-0.3, -0.25) is 4.68 Å². The highest BCUT2D eigenvalue weighted by atomic mass is 32.2. The molecule has 0 saturated carbocycles. The summed E-state index contributed by atoms with van der Waals surface area (Å²) in [6, 6.07) is 0. The molecule has 1 heterocycles. The van der Waals surface area contributed by atoms with Crippen molar-refractivity contribution in [2.45, 2.75) is 24.8 Å². The van der Waals surface area contributed by atoms with Gasteiger partial charge in [-0.25, -0.2) is 8.42 Å². The van der Waals surface area contributed by atoms with Gasteiger partial charge >= 0.3 is 0 Å². The molecule has 1 aromatic heterocycles. The van der Waals surface area contributed by atoms with Crippen LogP contribution < -0.4 is 0 Å². The van der Waals surface area contributed by atoms with Crippen LogP contribution in [0.3, 0.4) is 0 Å². The molecule has 0 bridgehead atoms. The Morgan fingerprint density at radius 1 is 1.64 bits per heavy atom. The van der Waals surface area contributed by atoms with Crippen molar-refractivity contribution in [3.63, 3.8) is 0 Å². The summed E-state index contributed by atoms with van der Waals surface area (Å²) >= 11 is 0. The van der Waals surface area contributed by atoms with E-state index < -0.39 is 10.7 Å². The Balaban J connectivity index is 2.81. The predicted octanol–water partition coefficient (Wildman–Crippen LogP) is 0.263. The third kappa shape index (κ3) is 2.04. The zero-order chi connectivity index (χ0) is 8.27. The van der Waals surface area contributed by atoms with Gasteiger partial charge in [0.1, 0.15) is 4.90 Å². The normalized spacial score (nSPS) is 10.7. The molecule has 0 atom stereocenters. The summed E-state index contributed by atoms with van der Waals surface area (Å²) in [5, 5.41) is 3.86. The average Bonchev–Trinajstić information content (AvgIpc) is 2.37. The summed E-state index contributed by atoms with van der Waals surface area (Å²) in [6.45, 7) is 2.78. The second kappa shape index (κ2) is 3.52. The standard InChI is InChI=1S/C6H10N2O2S/c1-2-3-8-5-6(4-7-8)11(9)10/h4-5,11H,2-3H2,1H3. The van der Waals surface area contributed by atoms with Crippen molar-refractivity contribution in [2.24, 2.45) is 0 Å². The van der Waals surface area contributed by atoms with Crippen molar-refractivity contribution in [3.05, 3.63) is 12.4 Å². The molecule has 0 spiro atoms. The largest absolute Gasteiger partial charge is 0.271 e. The van der Waals surface area contributed by atoms with Crippen LogP contribution in [0.15, 0.2) is 17.3 Å². The quantitative estimate of drug-likeness (QED) is 0.669. The Bertz CT molecular complexity index is 295. The summed E-state index contributed by atoms with van der Waals surface area (Å²) < 4.78 is 22.4. The van der Waals surface area contributed by atoms with E-state index in [9.17, 15) is 8.42 Å². The van der Waals surface area contributed by atoms with Crippen LogP contribution in [0.4, 0.5) is 0 Å². The first kappa shape index (κ1) is 8.26. The van der Waals surface area contributed by atoms with E-state index in [1.54, 1.807) is 4.68 Å². The Morgan fingerprint density at radius 3 is 2.82 bits per heavy atom. The van der Waals surface area contributed by atoms with Gasteiger partial charge in [0.25, 0.3) is 0 Å². The topological polar surface area (TPSA) is 52.0 Å². The van der Waals surface area contributed by atoms with E-state index in [0.717, 1.165) is 13.0 Å². The third-order valence-corrected chi connectivity index (χ3v) is 1.94. The van der Waals surface area contributed by atoms with E-state index in [-0.39, 0.29) is 4.90 Å². The fraction of sp³-hybridized carbons (Fsp3) is 0.500. The molecule has 0 radical (unpaired) electrons. The van der Waals surface area contributed by atoms with Gasteiger partial charge in [0, 0.05) is 12.7 Å². The fourth-order valence-electron chi connectivity index (χ4n) is 0.798. The lowest BCUT2D eigenvalue weighted by Gasteiger charge is -1.93. The van der Waals surface area contributed by atoms with E-state index >= 15 is 0 Å². The SMILES string of the molecule is CCCn1cc([SH](=O)=O)cn1. The Morgan fingerprint density at radius 2 is 2.36 bits per heavy atom. The molecule has 0 aromatic carbocycles. The average molecular weight is 174 g/mol. The molecule has 62 valence electrons. The van der Waals surface area contributed by atoms with E-state index in [4.69, 9.17) is 0 Å². The minimum absolute atomic E-state index is 0.286. The van der Waals surface area contributed by atoms with Crippen LogP contribution in [0.2, 0.25) is 0 Å². The van der Waals surface area contributed by atoms with Gasteiger partial charge in [0.05, 0.1) is 6.20 Å². The van der Waals surface area contributed by atoms with Crippen LogP contribution in [0.1, 0.15) is 13.3 Å². The van der Waals surface area contributed by atoms with Crippen molar-refractivity contribution in [1.29, 1.82) is 0 Å². The second-order valence-corrected chi connectivity index (χ2v) is 3.25. The molecule has 0 aliphatic rings. The molecule has 0 unspecified atom stereocenters. The first-order valence-corrected chi connectivity index (χ1v) is 4.58. The Labute approximate surface area is 66.8 Å². The molecule has 1 aromatic rings. The highest BCUT2D eigenvalue weighted by molar-refractivity contribution is 7.72. The van der Waals surface area contributed by atoms with Gasteiger partial charge in [-0.1, -0.05) is 6.92 Å². The number of thiol groups is 1. The van der Waals surface area contributed by atoms with Crippen LogP contribution in [-0.4, -0.2) is 18.2 Å². The minimum atomic E-state index is -2.47. The van der Waals surface area contributed by atoms with Crippen molar-refractivity contribution in [1.82, 2.24) is 9.78 Å². The zero-order valence-electron chi connectivity index (χ0n) is 6.23. The Kier molecular flexibility index (Phi) is 2.64. The van der Waals surface area contributed by atoms with Gasteiger partial charge in [-0.15, -0.1) is 0 Å². The first-order valence-electron chi connectivity index (χ1n) is 3.41. The number of nitrogens with zero attached hydrogens (tertiary/aromatic N) is 2. The molecule has 5 heteroatoms. The van der Waals surface area contributed by atoms with Crippen molar-refractivity contribution in [2.75, 3.05) is 0 Å². The molecule has 0 amide bonds. The van der Waals surface area contributed by atoms with Crippen molar-refractivity contribution >= 4 is 10.7 Å². The lowest BCUT2D eigenvalue weighted by Crippen LogP contribution is -1.95. The van der Waals surface area contributed by atoms with Gasteiger partial charge in [-0.05, 0) is 6.42 Å². The molecule has 0 aliphatic carbocycles. The third-order valence-electron chi connectivity index (χ3n) is 1.28. The maximum Gasteiger partial charge on any atom is 0.171 e. The monoisotopic (exact) mass is 174 g/mol. The van der Waals surface area contributed by atoms with Crippen LogP contribution in [0.5, 0.6) is 0 Å². The van der Waals surface area contributed by atoms with E-state index in [1.165, 1.54) is 12.4 Å². The summed E-state index contributed by atoms with van der Waals surface area (Å²) in [7, 11) is -2.47. The first-order chi connectivity index (χ1) is 5.24. The number of rotatable bonds is 3. The van der Waals surface area contributed by atoms with Gasteiger partial charge < -0.3 is 0 Å². The van der Waals surface area contributed by atoms with Crippen molar-refractivity contribution in [3.8, 4) is 0 Å². The fourth-order valence-corrected chi connectivity index (χ4v) is 1.17. The molecular weight excluding hydrogens is 164 g/mol. The number of aromatic nitrogens is 2. The molecule has 1 rings (SSSR count). The van der Waals surface area contributed by atoms with E-state index in [1.807, 2.05) is 6.92 Å². The minimum Gasteiger partial charge on any atom is -0.271 e. The second-order valence-electron chi connectivity index (χ2n) is 2.22. The summed E-state index contributed by atoms with van der Waals surface area (Å²) in [5.74, 6) is 0. The van der Waals surface area contributed by atoms with Crippen molar-refractivity contribution < 1.29 is 8.42 Å². The molecule has 11 heavy (non-hydrogen) atoms. The summed E-state index contributed by atoms with van der Waals surface area (Å²) in [4.78, 5) is 0.286. The molecule has 0 fully saturated rings. The number of hydrogen-bond donors (Lipinski definition) is 1. The molecule has 0 aliphatic heterocycles. The molecule has 0 saturated heterocycles. The van der Waals surface area contributed by atoms with Crippen LogP contribution in [0, 0.1) is 0 Å². The van der Waals surface area contributed by atoms with Crippen LogP contribution in [-0.2, 0) is 17.2 Å². The molecule has 4 nitrogen and oxygen atoms in total. The van der Waals surface area contributed by atoms with E-state index in [2.05, 4.69) is 5.10 Å². The van der Waals surface area contributed by atoms with Gasteiger partial charge in [0.2, 0.25) is 0 Å². The molecule has 0 N–H and O–H groups in total. The molecular formula is C6H10N2O2S. The maximum absolute atomic E-state index is 10.4. The highest BCUT2D eigenvalue weighted by Gasteiger charge is 1.97. The highest BCUT2D eigenvalue weighted by Crippen LogP contribution is 1.98. The van der Waals surface area contributed by atoms with Crippen LogP contribution in [0.25, 0.3) is 0 Å². The van der Waals surface area contributed by atoms with Gasteiger partial charge in [-0.2, -0.15) is 5.10 Å². The lowest BCUT2D eigenvalue weighted by molar-refractivity contribution is 0.599. The van der Waals surface area contributed by atoms with E-state index in [0.29, 0.717) is 0 Å². The van der Waals surface area contributed by atoms with Crippen LogP contribution >= 0.6 is 0 Å². The summed E-state index contributed by atoms with van der Waals surface area (Å²) in [5.41, 5.74) is 0. The Hall–Kier alpha value is -0.840. The number of aryl methyl sites for hydroxylation is 1. The predicted molar refractivity (Wildman–Crippen MR) is 41.1 cm³/mol. The smallest absolute Gasteiger partial charge is 0.171 e. The number of hydrogen-bond acceptors (Lipinski definition) is 3. The maximum atomic E-state index is 10.4. The summed E-state index contributed by atoms with van der Waals surface area (Å²) in [6.07, 6.45) is 3.85. The zero-order valence-corrected chi connectivity index (χ0v) is 7.12. The lowest BCUT2D eigenvalue weighted by atomic mass is 10.5. The van der Waals surface area contributed by atoms with Gasteiger partial charge in [0.15, 0.2) is 10.7 Å².